The highest BCUT2D eigenvalue weighted by Crippen LogP contribution is 2.42. The van der Waals surface area contributed by atoms with E-state index in [1.165, 1.54) is 13.4 Å². The molecule has 3 aromatic carbocycles. The van der Waals surface area contributed by atoms with Crippen LogP contribution in [-0.4, -0.2) is 45.7 Å². The van der Waals surface area contributed by atoms with Gasteiger partial charge in [0.2, 0.25) is 0 Å². The van der Waals surface area contributed by atoms with Crippen LogP contribution in [0.5, 0.6) is 17.2 Å². The predicted molar refractivity (Wildman–Crippen MR) is 155 cm³/mol. The second kappa shape index (κ2) is 11.7. The van der Waals surface area contributed by atoms with Crippen LogP contribution in [0.3, 0.4) is 0 Å². The van der Waals surface area contributed by atoms with Gasteiger partial charge < -0.3 is 23.7 Å². The minimum Gasteiger partial charge on any atom is -0.494 e. The zero-order valence-electron chi connectivity index (χ0n) is 23.9. The van der Waals surface area contributed by atoms with Crippen LogP contribution < -0.4 is 14.2 Å². The maximum Gasteiger partial charge on any atom is 0.308 e. The molecule has 3 aromatic rings. The number of esters is 1. The molecule has 0 amide bonds. The summed E-state index contributed by atoms with van der Waals surface area (Å²) >= 11 is 0. The van der Waals surface area contributed by atoms with Gasteiger partial charge in [0.15, 0.2) is 0 Å². The van der Waals surface area contributed by atoms with E-state index in [9.17, 15) is 13.2 Å². The van der Waals surface area contributed by atoms with E-state index in [4.69, 9.17) is 23.7 Å². The number of fused-ring (bicyclic) bond motifs is 4. The van der Waals surface area contributed by atoms with Gasteiger partial charge in [0.25, 0.3) is 0 Å². The Morgan fingerprint density at radius 1 is 0.976 bits per heavy atom. The molecule has 9 heteroatoms. The molecule has 8 nitrogen and oxygen atoms in total. The third kappa shape index (κ3) is 7.21. The molecule has 41 heavy (non-hydrogen) atoms. The van der Waals surface area contributed by atoms with Crippen LogP contribution in [0.15, 0.2) is 54.6 Å². The first-order chi connectivity index (χ1) is 19.5. The van der Waals surface area contributed by atoms with Crippen molar-refractivity contribution in [1.29, 1.82) is 0 Å². The van der Waals surface area contributed by atoms with Gasteiger partial charge in [-0.15, -0.1) is 0 Å². The van der Waals surface area contributed by atoms with Crippen LogP contribution in [0.4, 0.5) is 0 Å². The van der Waals surface area contributed by atoms with Crippen LogP contribution in [0, 0.1) is 0 Å². The Morgan fingerprint density at radius 2 is 1.73 bits per heavy atom. The van der Waals surface area contributed by atoms with E-state index in [0.29, 0.717) is 38.4 Å². The normalized spacial score (nSPS) is 16.9. The fourth-order valence-corrected chi connectivity index (χ4v) is 5.94. The number of ether oxygens (including phenoxy) is 5. The van der Waals surface area contributed by atoms with E-state index in [-0.39, 0.29) is 24.2 Å². The van der Waals surface area contributed by atoms with Gasteiger partial charge in [-0.2, -0.15) is 0 Å². The van der Waals surface area contributed by atoms with Crippen molar-refractivity contribution in [3.05, 3.63) is 76.9 Å². The van der Waals surface area contributed by atoms with Gasteiger partial charge in [-0.3, -0.25) is 4.79 Å². The summed E-state index contributed by atoms with van der Waals surface area (Å²) in [5.41, 5.74) is 5.74. The molecule has 2 aliphatic heterocycles. The first-order valence-electron chi connectivity index (χ1n) is 13.7. The zero-order chi connectivity index (χ0) is 29.2. The Hall–Kier alpha value is -3.56. The molecule has 1 atom stereocenters. The average Bonchev–Trinajstić information content (AvgIpc) is 3.26. The van der Waals surface area contributed by atoms with E-state index < -0.39 is 15.4 Å². The second-order valence-corrected chi connectivity index (χ2v) is 13.5. The number of benzene rings is 3. The van der Waals surface area contributed by atoms with Gasteiger partial charge in [-0.05, 0) is 84.5 Å². The Bertz CT molecular complexity index is 1540. The lowest BCUT2D eigenvalue weighted by molar-refractivity contribution is -0.143. The van der Waals surface area contributed by atoms with Crippen molar-refractivity contribution in [3.8, 4) is 28.4 Å². The summed E-state index contributed by atoms with van der Waals surface area (Å²) in [4.78, 5) is 11.7. The van der Waals surface area contributed by atoms with Crippen molar-refractivity contribution in [3.63, 3.8) is 0 Å². The van der Waals surface area contributed by atoms with Crippen molar-refractivity contribution in [2.75, 3.05) is 25.7 Å². The maximum absolute atomic E-state index is 11.7. The highest BCUT2D eigenvalue weighted by atomic mass is 32.2. The minimum absolute atomic E-state index is 0.103. The molecular formula is C32H36O8S. The summed E-state index contributed by atoms with van der Waals surface area (Å²) in [6.45, 7) is 5.27. The molecule has 0 bridgehead atoms. The minimum atomic E-state index is -3.01. The second-order valence-electron chi connectivity index (χ2n) is 11.2. The van der Waals surface area contributed by atoms with E-state index >= 15 is 0 Å². The quantitative estimate of drug-likeness (QED) is 0.226. The number of hydrogen-bond acceptors (Lipinski definition) is 8. The number of hydrogen-bond donors (Lipinski definition) is 0. The molecule has 0 aliphatic carbocycles. The van der Waals surface area contributed by atoms with Crippen molar-refractivity contribution in [2.24, 2.45) is 0 Å². The SMILES string of the molecule is COC(=O)CC1OCc2cc(OCc3ccc4c(c3)-c3ccc(OCCCS(C)(=O)=O)cc3CC(C)(C)O4)ccc21. The van der Waals surface area contributed by atoms with Gasteiger partial charge >= 0.3 is 5.97 Å². The van der Waals surface area contributed by atoms with Crippen LogP contribution in [0.25, 0.3) is 11.1 Å². The lowest BCUT2D eigenvalue weighted by Crippen LogP contribution is -2.30. The smallest absolute Gasteiger partial charge is 0.308 e. The van der Waals surface area contributed by atoms with E-state index in [0.717, 1.165) is 44.9 Å². The first kappa shape index (κ1) is 29.0. The number of sulfone groups is 1. The molecule has 5 rings (SSSR count). The Balaban J connectivity index is 1.31. The van der Waals surface area contributed by atoms with Crippen LogP contribution in [0.1, 0.15) is 55.0 Å². The van der Waals surface area contributed by atoms with Gasteiger partial charge in [0.05, 0.1) is 38.6 Å². The molecule has 0 aromatic heterocycles. The monoisotopic (exact) mass is 580 g/mol. The third-order valence-electron chi connectivity index (χ3n) is 7.23. The Labute approximate surface area is 241 Å². The van der Waals surface area contributed by atoms with E-state index in [1.54, 1.807) is 0 Å². The van der Waals surface area contributed by atoms with Crippen LogP contribution in [0.2, 0.25) is 0 Å². The molecule has 2 aliphatic rings. The van der Waals surface area contributed by atoms with Crippen molar-refractivity contribution in [2.45, 2.75) is 58.0 Å². The lowest BCUT2D eigenvalue weighted by Gasteiger charge is -2.25. The topological polar surface area (TPSA) is 97.4 Å². The molecule has 1 unspecified atom stereocenters. The fraction of sp³-hybridized carbons (Fsp3) is 0.406. The predicted octanol–water partition coefficient (Wildman–Crippen LogP) is 5.59. The summed E-state index contributed by atoms with van der Waals surface area (Å²) in [6, 6.07) is 17.9. The van der Waals surface area contributed by atoms with E-state index in [1.807, 2.05) is 48.5 Å². The molecule has 0 saturated carbocycles. The van der Waals surface area contributed by atoms with Gasteiger partial charge in [-0.1, -0.05) is 18.2 Å². The lowest BCUT2D eigenvalue weighted by atomic mass is 9.92. The van der Waals surface area contributed by atoms with Gasteiger partial charge in [0, 0.05) is 18.2 Å². The summed E-state index contributed by atoms with van der Waals surface area (Å²) in [5, 5.41) is 0. The average molecular weight is 581 g/mol. The van der Waals surface area contributed by atoms with Crippen molar-refractivity contribution < 1.29 is 36.9 Å². The molecule has 0 fully saturated rings. The number of carbonyl (C=O) groups excluding carboxylic acids is 1. The van der Waals surface area contributed by atoms with Gasteiger partial charge in [0.1, 0.15) is 39.3 Å². The first-order valence-corrected chi connectivity index (χ1v) is 15.8. The summed E-state index contributed by atoms with van der Waals surface area (Å²) < 4.78 is 51.8. The number of rotatable bonds is 10. The summed E-state index contributed by atoms with van der Waals surface area (Å²) in [7, 11) is -1.63. The summed E-state index contributed by atoms with van der Waals surface area (Å²) in [5.74, 6) is 2.06. The highest BCUT2D eigenvalue weighted by molar-refractivity contribution is 7.90. The third-order valence-corrected chi connectivity index (χ3v) is 8.26. The molecular weight excluding hydrogens is 544 g/mol. The fourth-order valence-electron chi connectivity index (χ4n) is 5.30. The molecule has 2 heterocycles. The maximum atomic E-state index is 11.7. The molecule has 0 radical (unpaired) electrons. The molecule has 0 N–H and O–H groups in total. The summed E-state index contributed by atoms with van der Waals surface area (Å²) in [6.07, 6.45) is 2.27. The van der Waals surface area contributed by atoms with Crippen molar-refractivity contribution >= 4 is 15.8 Å². The Kier molecular flexibility index (Phi) is 8.29. The van der Waals surface area contributed by atoms with E-state index in [2.05, 4.69) is 19.9 Å². The van der Waals surface area contributed by atoms with Crippen molar-refractivity contribution in [1.82, 2.24) is 0 Å². The zero-order valence-corrected chi connectivity index (χ0v) is 24.7. The van der Waals surface area contributed by atoms with Gasteiger partial charge in [-0.25, -0.2) is 8.42 Å². The standard InChI is InChI=1S/C32H36O8S/c1-32(2)18-22-15-24(37-12-5-13-41(4,34)35)7-9-26(22)28-14-21(6-11-29(28)40-32)19-38-25-8-10-27-23(16-25)20-39-30(27)17-31(33)36-3/h6-11,14-16,30H,5,12-13,17-20H2,1-4H3. The van der Waals surface area contributed by atoms with Crippen LogP contribution >= 0.6 is 0 Å². The number of methoxy groups -OCH3 is 1. The molecule has 0 saturated heterocycles. The van der Waals surface area contributed by atoms with Crippen LogP contribution in [-0.2, 0) is 43.7 Å². The Morgan fingerprint density at radius 3 is 2.51 bits per heavy atom. The molecule has 0 spiro atoms. The number of carbonyl (C=O) groups is 1. The highest BCUT2D eigenvalue weighted by Gasteiger charge is 2.29. The largest absolute Gasteiger partial charge is 0.494 e. The molecule has 218 valence electrons.